The second-order valence-corrected chi connectivity index (χ2v) is 6.48. The molecule has 0 atom stereocenters. The molecule has 0 saturated carbocycles. The molecule has 0 aliphatic heterocycles. The zero-order chi connectivity index (χ0) is 16.3. The largest absolute Gasteiger partial charge is 0.333 e. The average molecular weight is 303 g/mol. The first-order valence-electron chi connectivity index (χ1n) is 7.28. The quantitative estimate of drug-likeness (QED) is 0.871. The van der Waals surface area contributed by atoms with Crippen molar-refractivity contribution >= 4 is 5.91 Å². The van der Waals surface area contributed by atoms with Gasteiger partial charge in [-0.25, -0.2) is 4.39 Å². The Hall–Kier alpha value is -2.17. The number of aromatic nitrogens is 2. The number of carbonyl (C=O) groups is 1. The van der Waals surface area contributed by atoms with E-state index in [9.17, 15) is 9.18 Å². The summed E-state index contributed by atoms with van der Waals surface area (Å²) in [4.78, 5) is 14.4. The molecule has 4 nitrogen and oxygen atoms in total. The van der Waals surface area contributed by atoms with Gasteiger partial charge in [-0.2, -0.15) is 5.10 Å². The summed E-state index contributed by atoms with van der Waals surface area (Å²) >= 11 is 0. The van der Waals surface area contributed by atoms with Gasteiger partial charge in [0.2, 0.25) is 5.91 Å². The predicted molar refractivity (Wildman–Crippen MR) is 83.6 cm³/mol. The van der Waals surface area contributed by atoms with Gasteiger partial charge >= 0.3 is 0 Å². The van der Waals surface area contributed by atoms with Gasteiger partial charge in [0.15, 0.2) is 0 Å². The van der Waals surface area contributed by atoms with E-state index in [0.29, 0.717) is 13.0 Å². The Labute approximate surface area is 130 Å². The topological polar surface area (TPSA) is 38.1 Å². The summed E-state index contributed by atoms with van der Waals surface area (Å²) in [5.41, 5.74) is 1.32. The number of benzene rings is 1. The highest BCUT2D eigenvalue weighted by Crippen LogP contribution is 2.19. The Morgan fingerprint density at radius 2 is 2.05 bits per heavy atom. The van der Waals surface area contributed by atoms with Crippen LogP contribution in [0.25, 0.3) is 0 Å². The van der Waals surface area contributed by atoms with Crippen molar-refractivity contribution in [3.8, 4) is 0 Å². The van der Waals surface area contributed by atoms with Gasteiger partial charge < -0.3 is 4.90 Å². The van der Waals surface area contributed by atoms with Crippen molar-refractivity contribution in [2.75, 3.05) is 0 Å². The van der Waals surface area contributed by atoms with Crippen LogP contribution in [0, 0.1) is 5.82 Å². The van der Waals surface area contributed by atoms with Gasteiger partial charge in [0.1, 0.15) is 5.82 Å². The van der Waals surface area contributed by atoms with Crippen LogP contribution in [-0.4, -0.2) is 26.1 Å². The average Bonchev–Trinajstić information content (AvgIpc) is 2.80. The SMILES string of the molecule is Cn1cc(CC(=O)N(Cc2cccc(F)c2)C(C)(C)C)cn1. The van der Waals surface area contributed by atoms with Crippen LogP contribution in [0.4, 0.5) is 4.39 Å². The first-order valence-corrected chi connectivity index (χ1v) is 7.28. The maximum Gasteiger partial charge on any atom is 0.227 e. The number of carbonyl (C=O) groups excluding carboxylic acids is 1. The van der Waals surface area contributed by atoms with Gasteiger partial charge in [-0.05, 0) is 44.0 Å². The summed E-state index contributed by atoms with van der Waals surface area (Å²) < 4.78 is 15.0. The highest BCUT2D eigenvalue weighted by molar-refractivity contribution is 5.79. The van der Waals surface area contributed by atoms with Crippen LogP contribution in [0.1, 0.15) is 31.9 Å². The molecule has 2 rings (SSSR count). The van der Waals surface area contributed by atoms with E-state index < -0.39 is 0 Å². The van der Waals surface area contributed by atoms with E-state index >= 15 is 0 Å². The minimum absolute atomic E-state index is 0.00441. The van der Waals surface area contributed by atoms with E-state index in [1.165, 1.54) is 12.1 Å². The summed E-state index contributed by atoms with van der Waals surface area (Å²) in [6, 6.07) is 6.37. The molecule has 1 heterocycles. The number of rotatable bonds is 4. The Balaban J connectivity index is 2.17. The van der Waals surface area contributed by atoms with Crippen molar-refractivity contribution in [2.24, 2.45) is 7.05 Å². The minimum Gasteiger partial charge on any atom is -0.333 e. The zero-order valence-corrected chi connectivity index (χ0v) is 13.5. The van der Waals surface area contributed by atoms with Crippen molar-refractivity contribution in [1.29, 1.82) is 0 Å². The Kier molecular flexibility index (Phi) is 4.64. The number of amides is 1. The number of aryl methyl sites for hydroxylation is 1. The van der Waals surface area contributed by atoms with E-state index in [1.807, 2.05) is 40.1 Å². The van der Waals surface area contributed by atoms with Crippen molar-refractivity contribution in [1.82, 2.24) is 14.7 Å². The van der Waals surface area contributed by atoms with Gasteiger partial charge in [-0.15, -0.1) is 0 Å². The normalized spacial score (nSPS) is 11.5. The van der Waals surface area contributed by atoms with E-state index in [-0.39, 0.29) is 17.3 Å². The molecule has 0 fully saturated rings. The highest BCUT2D eigenvalue weighted by Gasteiger charge is 2.26. The van der Waals surface area contributed by atoms with Crippen molar-refractivity contribution in [2.45, 2.75) is 39.3 Å². The number of hydrogen-bond donors (Lipinski definition) is 0. The molecule has 0 aliphatic carbocycles. The fourth-order valence-electron chi connectivity index (χ4n) is 2.35. The number of nitrogens with zero attached hydrogens (tertiary/aromatic N) is 3. The molecule has 1 aromatic heterocycles. The molecule has 118 valence electrons. The fourth-order valence-corrected chi connectivity index (χ4v) is 2.35. The molecule has 5 heteroatoms. The van der Waals surface area contributed by atoms with Gasteiger partial charge in [0.25, 0.3) is 0 Å². The Morgan fingerprint density at radius 1 is 1.32 bits per heavy atom. The molecule has 0 spiro atoms. The molecule has 1 aromatic carbocycles. The van der Waals surface area contributed by atoms with E-state index in [2.05, 4.69) is 5.10 Å². The van der Waals surface area contributed by atoms with Crippen molar-refractivity contribution in [3.05, 3.63) is 53.6 Å². The van der Waals surface area contributed by atoms with Crippen LogP contribution < -0.4 is 0 Å². The molecule has 0 saturated heterocycles. The summed E-state index contributed by atoms with van der Waals surface area (Å²) in [6.07, 6.45) is 3.82. The standard InChI is InChI=1S/C17H22FN3O/c1-17(2,3)21(12-13-6-5-7-15(18)8-13)16(22)9-14-10-19-20(4)11-14/h5-8,10-11H,9,12H2,1-4H3. The number of halogens is 1. The third kappa shape index (κ3) is 4.16. The molecule has 1 amide bonds. The Bertz CT molecular complexity index is 658. The zero-order valence-electron chi connectivity index (χ0n) is 13.5. The second-order valence-electron chi connectivity index (χ2n) is 6.48. The van der Waals surface area contributed by atoms with E-state index in [1.54, 1.807) is 21.8 Å². The van der Waals surface area contributed by atoms with Gasteiger partial charge in [0, 0.05) is 25.3 Å². The molecular weight excluding hydrogens is 281 g/mol. The molecular formula is C17H22FN3O. The summed E-state index contributed by atoms with van der Waals surface area (Å²) in [7, 11) is 1.82. The van der Waals surface area contributed by atoms with Crippen LogP contribution >= 0.6 is 0 Å². The molecule has 0 unspecified atom stereocenters. The monoisotopic (exact) mass is 303 g/mol. The van der Waals surface area contributed by atoms with Gasteiger partial charge in [-0.3, -0.25) is 9.48 Å². The maximum atomic E-state index is 13.4. The minimum atomic E-state index is -0.342. The molecule has 0 radical (unpaired) electrons. The van der Waals surface area contributed by atoms with Gasteiger partial charge in [0.05, 0.1) is 12.6 Å². The Morgan fingerprint density at radius 3 is 2.59 bits per heavy atom. The van der Waals surface area contributed by atoms with Crippen LogP contribution in [0.2, 0.25) is 0 Å². The van der Waals surface area contributed by atoms with Crippen LogP contribution in [0.15, 0.2) is 36.7 Å². The summed E-state index contributed by atoms with van der Waals surface area (Å²) in [5, 5.41) is 4.08. The lowest BCUT2D eigenvalue weighted by Crippen LogP contribution is -2.45. The van der Waals surface area contributed by atoms with E-state index in [0.717, 1.165) is 11.1 Å². The molecule has 22 heavy (non-hydrogen) atoms. The maximum absolute atomic E-state index is 13.4. The molecule has 2 aromatic rings. The van der Waals surface area contributed by atoms with E-state index in [4.69, 9.17) is 0 Å². The smallest absolute Gasteiger partial charge is 0.227 e. The molecule has 0 aliphatic rings. The first kappa shape index (κ1) is 16.2. The lowest BCUT2D eigenvalue weighted by atomic mass is 10.0. The first-order chi connectivity index (χ1) is 10.3. The molecule has 0 bridgehead atoms. The van der Waals surface area contributed by atoms with Crippen molar-refractivity contribution < 1.29 is 9.18 Å². The third-order valence-corrected chi connectivity index (χ3v) is 3.45. The second kappa shape index (κ2) is 6.30. The van der Waals surface area contributed by atoms with Crippen LogP contribution in [-0.2, 0) is 24.8 Å². The molecule has 0 N–H and O–H groups in total. The highest BCUT2D eigenvalue weighted by atomic mass is 19.1. The number of hydrogen-bond acceptors (Lipinski definition) is 2. The lowest BCUT2D eigenvalue weighted by molar-refractivity contribution is -0.136. The van der Waals surface area contributed by atoms with Crippen molar-refractivity contribution in [3.63, 3.8) is 0 Å². The van der Waals surface area contributed by atoms with Crippen LogP contribution in [0.3, 0.4) is 0 Å². The van der Waals surface area contributed by atoms with Gasteiger partial charge in [-0.1, -0.05) is 12.1 Å². The third-order valence-electron chi connectivity index (χ3n) is 3.45. The predicted octanol–water partition coefficient (Wildman–Crippen LogP) is 2.93. The van der Waals surface area contributed by atoms with Crippen LogP contribution in [0.5, 0.6) is 0 Å². The summed E-state index contributed by atoms with van der Waals surface area (Å²) in [6.45, 7) is 6.33. The summed E-state index contributed by atoms with van der Waals surface area (Å²) in [5.74, 6) is -0.282. The lowest BCUT2D eigenvalue weighted by Gasteiger charge is -2.36. The fraction of sp³-hybridized carbons (Fsp3) is 0.412.